The van der Waals surface area contributed by atoms with Crippen molar-refractivity contribution in [3.05, 3.63) is 99.3 Å². The average Bonchev–Trinajstić information content (AvgIpc) is 3.50. The number of piperazine rings is 1. The zero-order chi connectivity index (χ0) is 34.1. The Bertz CT molecular complexity index is 2060. The molecule has 0 aliphatic carbocycles. The zero-order valence-corrected chi connectivity index (χ0v) is 28.4. The van der Waals surface area contributed by atoms with Crippen molar-refractivity contribution in [1.29, 1.82) is 0 Å². The molecule has 7 rings (SSSR count). The number of aliphatic hydroxyl groups excluding tert-OH is 1. The van der Waals surface area contributed by atoms with Gasteiger partial charge in [0.2, 0.25) is 0 Å². The SMILES string of the molecule is CCCCCc1cc2c(=O)n(-c3nccc(-c4cc(Nc5ccc(N6CCN(C7COC7)C[C@H]6C)cn5)c(=O)n(C)c4)c3CO)ccn2c1. The number of ether oxygens (including phenoxy) is 1. The van der Waals surface area contributed by atoms with Crippen molar-refractivity contribution >= 4 is 22.7 Å². The molecule has 2 saturated heterocycles. The van der Waals surface area contributed by atoms with Gasteiger partial charge >= 0.3 is 0 Å². The Hall–Kier alpha value is -4.78. The monoisotopic (exact) mass is 664 g/mol. The van der Waals surface area contributed by atoms with Gasteiger partial charge in [0.05, 0.1) is 37.7 Å². The second-order valence-electron chi connectivity index (χ2n) is 13.2. The van der Waals surface area contributed by atoms with Crippen molar-refractivity contribution in [2.45, 2.75) is 58.2 Å². The van der Waals surface area contributed by atoms with Crippen molar-refractivity contribution in [3.63, 3.8) is 0 Å². The number of pyridine rings is 3. The number of aryl methyl sites for hydroxylation is 2. The Morgan fingerprint density at radius 2 is 1.88 bits per heavy atom. The van der Waals surface area contributed by atoms with Crippen molar-refractivity contribution in [2.24, 2.45) is 7.05 Å². The molecule has 0 unspecified atom stereocenters. The van der Waals surface area contributed by atoms with E-state index in [4.69, 9.17) is 4.74 Å². The molecule has 0 bridgehead atoms. The first-order chi connectivity index (χ1) is 23.8. The number of fused-ring (bicyclic) bond motifs is 1. The van der Waals surface area contributed by atoms with Crippen molar-refractivity contribution in [3.8, 4) is 16.9 Å². The number of hydrogen-bond donors (Lipinski definition) is 2. The van der Waals surface area contributed by atoms with Gasteiger partial charge in [-0.2, -0.15) is 0 Å². The molecule has 5 aromatic heterocycles. The van der Waals surface area contributed by atoms with E-state index in [1.165, 1.54) is 9.13 Å². The van der Waals surface area contributed by atoms with Crippen LogP contribution in [0.5, 0.6) is 0 Å². The molecule has 5 aromatic rings. The molecule has 2 fully saturated rings. The molecular weight excluding hydrogens is 620 g/mol. The fraction of sp³-hybridized carbons (Fsp3) is 0.405. The van der Waals surface area contributed by atoms with Crippen LogP contribution in [0, 0.1) is 0 Å². The molecule has 1 atom stereocenters. The van der Waals surface area contributed by atoms with Crippen LogP contribution in [-0.4, -0.2) is 78.4 Å². The van der Waals surface area contributed by atoms with E-state index in [0.717, 1.165) is 69.8 Å². The van der Waals surface area contributed by atoms with E-state index >= 15 is 0 Å². The summed E-state index contributed by atoms with van der Waals surface area (Å²) in [4.78, 5) is 41.0. The van der Waals surface area contributed by atoms with Crippen LogP contribution in [0.25, 0.3) is 22.5 Å². The highest BCUT2D eigenvalue weighted by atomic mass is 16.5. The van der Waals surface area contributed by atoms with E-state index in [2.05, 4.69) is 38.9 Å². The van der Waals surface area contributed by atoms with Gasteiger partial charge in [0.25, 0.3) is 11.1 Å². The molecule has 0 radical (unpaired) electrons. The number of anilines is 3. The minimum absolute atomic E-state index is 0.217. The smallest absolute Gasteiger partial charge is 0.280 e. The quantitative estimate of drug-likeness (QED) is 0.201. The number of nitrogens with zero attached hydrogens (tertiary/aromatic N) is 7. The molecule has 2 aliphatic rings. The number of aromatic nitrogens is 5. The molecule has 49 heavy (non-hydrogen) atoms. The van der Waals surface area contributed by atoms with Crippen LogP contribution in [0.2, 0.25) is 0 Å². The summed E-state index contributed by atoms with van der Waals surface area (Å²) in [5.41, 5.74) is 4.46. The Labute approximate surface area is 285 Å². The number of rotatable bonds is 11. The maximum absolute atomic E-state index is 13.7. The van der Waals surface area contributed by atoms with Crippen molar-refractivity contribution in [2.75, 3.05) is 43.1 Å². The molecule has 0 amide bonds. The van der Waals surface area contributed by atoms with E-state index in [1.807, 2.05) is 41.2 Å². The first kappa shape index (κ1) is 32.8. The van der Waals surface area contributed by atoms with Crippen LogP contribution >= 0.6 is 0 Å². The second kappa shape index (κ2) is 14.0. The molecule has 0 spiro atoms. The molecule has 7 heterocycles. The highest BCUT2D eigenvalue weighted by molar-refractivity contribution is 5.73. The van der Waals surface area contributed by atoms with Gasteiger partial charge in [0.1, 0.15) is 22.8 Å². The first-order valence-corrected chi connectivity index (χ1v) is 17.2. The summed E-state index contributed by atoms with van der Waals surface area (Å²) < 4.78 is 10.2. The lowest BCUT2D eigenvalue weighted by atomic mass is 10.0. The van der Waals surface area contributed by atoms with E-state index in [0.29, 0.717) is 51.6 Å². The summed E-state index contributed by atoms with van der Waals surface area (Å²) in [7, 11) is 1.69. The van der Waals surface area contributed by atoms with Gasteiger partial charge in [-0.1, -0.05) is 19.8 Å². The van der Waals surface area contributed by atoms with Gasteiger partial charge in [-0.3, -0.25) is 19.1 Å². The highest BCUT2D eigenvalue weighted by Gasteiger charge is 2.32. The van der Waals surface area contributed by atoms with Gasteiger partial charge in [0, 0.05) is 74.8 Å². The lowest BCUT2D eigenvalue weighted by Gasteiger charge is -2.46. The van der Waals surface area contributed by atoms with E-state index < -0.39 is 0 Å². The predicted octanol–water partition coefficient (Wildman–Crippen LogP) is 4.12. The fourth-order valence-corrected chi connectivity index (χ4v) is 7.01. The van der Waals surface area contributed by atoms with Crippen molar-refractivity contribution in [1.82, 2.24) is 28.4 Å². The summed E-state index contributed by atoms with van der Waals surface area (Å²) in [6.07, 6.45) is 15.0. The fourth-order valence-electron chi connectivity index (χ4n) is 7.01. The maximum atomic E-state index is 13.7. The van der Waals surface area contributed by atoms with Gasteiger partial charge in [-0.25, -0.2) is 9.97 Å². The van der Waals surface area contributed by atoms with Crippen LogP contribution in [0.1, 0.15) is 44.2 Å². The number of unbranched alkanes of at least 4 members (excludes halogenated alkanes) is 2. The normalized spacial score (nSPS) is 17.1. The van der Waals surface area contributed by atoms with Crippen molar-refractivity contribution < 1.29 is 9.84 Å². The third-order valence-corrected chi connectivity index (χ3v) is 9.84. The summed E-state index contributed by atoms with van der Waals surface area (Å²) in [5.74, 6) is 0.896. The topological polar surface area (TPSA) is 122 Å². The molecule has 12 heteroatoms. The van der Waals surface area contributed by atoms with Gasteiger partial charge in [0.15, 0.2) is 0 Å². The molecule has 12 nitrogen and oxygen atoms in total. The highest BCUT2D eigenvalue weighted by Crippen LogP contribution is 2.29. The van der Waals surface area contributed by atoms with E-state index in [1.54, 1.807) is 37.8 Å². The summed E-state index contributed by atoms with van der Waals surface area (Å²) in [6.45, 7) is 8.60. The number of hydrogen-bond acceptors (Lipinski definition) is 9. The minimum atomic E-state index is -0.352. The Kier molecular flexibility index (Phi) is 9.35. The van der Waals surface area contributed by atoms with Crippen LogP contribution in [-0.2, 0) is 24.8 Å². The van der Waals surface area contributed by atoms with Crippen LogP contribution in [0.4, 0.5) is 17.2 Å². The van der Waals surface area contributed by atoms with E-state index in [-0.39, 0.29) is 17.7 Å². The van der Waals surface area contributed by atoms with Crippen LogP contribution < -0.4 is 21.3 Å². The Balaban J connectivity index is 1.14. The predicted molar refractivity (Wildman–Crippen MR) is 191 cm³/mol. The second-order valence-corrected chi connectivity index (χ2v) is 13.2. The molecule has 256 valence electrons. The average molecular weight is 665 g/mol. The van der Waals surface area contributed by atoms with Crippen LogP contribution in [0.3, 0.4) is 0 Å². The molecule has 0 saturated carbocycles. The summed E-state index contributed by atoms with van der Waals surface area (Å²) in [5, 5.41) is 13.8. The number of aliphatic hydroxyl groups is 1. The third kappa shape index (κ3) is 6.51. The van der Waals surface area contributed by atoms with Gasteiger partial charge in [-0.15, -0.1) is 0 Å². The summed E-state index contributed by atoms with van der Waals surface area (Å²) >= 11 is 0. The lowest BCUT2D eigenvalue weighted by Crippen LogP contribution is -2.59. The largest absolute Gasteiger partial charge is 0.392 e. The Morgan fingerprint density at radius 3 is 2.59 bits per heavy atom. The van der Waals surface area contributed by atoms with E-state index in [9.17, 15) is 14.7 Å². The molecule has 2 aliphatic heterocycles. The molecular formula is C37H44N8O4. The lowest BCUT2D eigenvalue weighted by molar-refractivity contribution is -0.0691. The maximum Gasteiger partial charge on any atom is 0.280 e. The molecule has 2 N–H and O–H groups in total. The summed E-state index contributed by atoms with van der Waals surface area (Å²) in [6, 6.07) is 10.3. The minimum Gasteiger partial charge on any atom is -0.392 e. The standard InChI is InChI=1S/C37H44N8O4/c1-4-5-6-7-26-16-33-37(48)45(15-13-43(33)20-26)35-31(22-46)30(10-11-38-35)27-17-32(36(47)41(3)21-27)40-34-9-8-28(18-39-34)44-14-12-42(19-25(44)2)29-23-49-24-29/h8-11,13,15-18,20-21,25,29,46H,4-7,12,14,19,22-24H2,1-3H3,(H,39,40)/t25-/m1/s1. The zero-order valence-electron chi connectivity index (χ0n) is 28.4. The third-order valence-electron chi connectivity index (χ3n) is 9.84. The van der Waals surface area contributed by atoms with Gasteiger partial charge in [-0.05, 0) is 61.2 Å². The number of nitrogens with one attached hydrogen (secondary N) is 1. The first-order valence-electron chi connectivity index (χ1n) is 17.2. The molecule has 0 aromatic carbocycles. The van der Waals surface area contributed by atoms with Gasteiger partial charge < -0.3 is 29.0 Å². The Morgan fingerprint density at radius 1 is 1.02 bits per heavy atom. The van der Waals surface area contributed by atoms with Crippen LogP contribution in [0.15, 0.2) is 77.1 Å².